The molecule has 0 aliphatic carbocycles. The minimum atomic E-state index is -0.306. The zero-order valence-electron chi connectivity index (χ0n) is 16.5. The lowest BCUT2D eigenvalue weighted by molar-refractivity contribution is -0.139. The number of hydrogen-bond donors (Lipinski definition) is 1. The molecule has 1 aromatic carbocycles. The average Bonchev–Trinajstić information content (AvgIpc) is 3.33. The first-order valence-corrected chi connectivity index (χ1v) is 9.96. The van der Waals surface area contributed by atoms with Gasteiger partial charge in [0, 0.05) is 57.7 Å². The molecule has 2 fully saturated rings. The monoisotopic (exact) mass is 381 g/mol. The van der Waals surface area contributed by atoms with Crippen molar-refractivity contribution in [3.8, 4) is 0 Å². The van der Waals surface area contributed by atoms with Crippen LogP contribution in [0.2, 0.25) is 0 Å². The van der Waals surface area contributed by atoms with E-state index in [1.165, 1.54) is 5.56 Å². The summed E-state index contributed by atoms with van der Waals surface area (Å²) in [7, 11) is 1.94. The highest BCUT2D eigenvalue weighted by atomic mass is 16.2. The molecule has 28 heavy (non-hydrogen) atoms. The maximum Gasteiger partial charge on any atom is 0.228 e. The van der Waals surface area contributed by atoms with Gasteiger partial charge in [-0.2, -0.15) is 0 Å². The molecule has 2 unspecified atom stereocenters. The molecular formula is C21H27N5O2. The van der Waals surface area contributed by atoms with E-state index in [4.69, 9.17) is 0 Å². The number of aryl methyl sites for hydroxylation is 2. The molecule has 4 rings (SSSR count). The van der Waals surface area contributed by atoms with Crippen molar-refractivity contribution in [2.24, 2.45) is 13.0 Å². The second-order valence-electron chi connectivity index (χ2n) is 7.57. The van der Waals surface area contributed by atoms with Crippen molar-refractivity contribution in [2.45, 2.75) is 25.8 Å². The average molecular weight is 381 g/mol. The molecule has 2 amide bonds. The first-order chi connectivity index (χ1) is 13.6. The topological polar surface area (TPSA) is 70.5 Å². The van der Waals surface area contributed by atoms with Gasteiger partial charge in [0.25, 0.3) is 0 Å². The van der Waals surface area contributed by atoms with Crippen LogP contribution < -0.4 is 10.2 Å². The third kappa shape index (κ3) is 3.42. The van der Waals surface area contributed by atoms with E-state index in [2.05, 4.69) is 17.2 Å². The van der Waals surface area contributed by atoms with Crippen molar-refractivity contribution < 1.29 is 9.59 Å². The van der Waals surface area contributed by atoms with E-state index in [1.807, 2.05) is 47.0 Å². The molecule has 0 bridgehead atoms. The van der Waals surface area contributed by atoms with Gasteiger partial charge >= 0.3 is 0 Å². The fourth-order valence-corrected chi connectivity index (χ4v) is 4.17. The molecule has 0 spiro atoms. The lowest BCUT2D eigenvalue weighted by atomic mass is 10.0. The van der Waals surface area contributed by atoms with E-state index >= 15 is 0 Å². The Morgan fingerprint density at radius 1 is 1.29 bits per heavy atom. The summed E-state index contributed by atoms with van der Waals surface area (Å²) in [6.45, 7) is 4.62. The van der Waals surface area contributed by atoms with Gasteiger partial charge in [0.05, 0.1) is 5.92 Å². The SMILES string of the molecule is CCc1ccc(N2CC(C(=O)N3CCNCC3c3nccn3C)CC2=O)cc1. The van der Waals surface area contributed by atoms with Crippen LogP contribution in [0, 0.1) is 5.92 Å². The van der Waals surface area contributed by atoms with Crippen LogP contribution in [0.25, 0.3) is 0 Å². The van der Waals surface area contributed by atoms with Gasteiger partial charge < -0.3 is 19.7 Å². The first kappa shape index (κ1) is 18.7. The van der Waals surface area contributed by atoms with Crippen molar-refractivity contribution in [3.05, 3.63) is 48.0 Å². The number of carbonyl (C=O) groups is 2. The Hall–Kier alpha value is -2.67. The zero-order chi connectivity index (χ0) is 19.7. The van der Waals surface area contributed by atoms with Gasteiger partial charge in [0.1, 0.15) is 11.9 Å². The van der Waals surface area contributed by atoms with E-state index in [-0.39, 0.29) is 30.2 Å². The zero-order valence-corrected chi connectivity index (χ0v) is 16.5. The second kappa shape index (κ2) is 7.75. The van der Waals surface area contributed by atoms with Gasteiger partial charge in [-0.15, -0.1) is 0 Å². The van der Waals surface area contributed by atoms with Gasteiger partial charge in [-0.25, -0.2) is 4.98 Å². The highest BCUT2D eigenvalue weighted by Gasteiger charge is 2.40. The Kier molecular flexibility index (Phi) is 5.17. The van der Waals surface area contributed by atoms with Crippen molar-refractivity contribution >= 4 is 17.5 Å². The number of amides is 2. The molecule has 3 heterocycles. The molecule has 1 aromatic heterocycles. The summed E-state index contributed by atoms with van der Waals surface area (Å²) in [5.41, 5.74) is 2.11. The Balaban J connectivity index is 1.51. The molecule has 2 saturated heterocycles. The summed E-state index contributed by atoms with van der Waals surface area (Å²) in [4.78, 5) is 34.0. The summed E-state index contributed by atoms with van der Waals surface area (Å²) in [5.74, 6) is 0.637. The molecule has 0 radical (unpaired) electrons. The molecule has 1 N–H and O–H groups in total. The van der Waals surface area contributed by atoms with Gasteiger partial charge in [-0.1, -0.05) is 19.1 Å². The van der Waals surface area contributed by atoms with Crippen LogP contribution >= 0.6 is 0 Å². The van der Waals surface area contributed by atoms with Crippen molar-refractivity contribution in [1.82, 2.24) is 19.8 Å². The van der Waals surface area contributed by atoms with Crippen molar-refractivity contribution in [1.29, 1.82) is 0 Å². The van der Waals surface area contributed by atoms with Crippen LogP contribution in [0.3, 0.4) is 0 Å². The molecule has 7 nitrogen and oxygen atoms in total. The molecule has 2 aromatic rings. The van der Waals surface area contributed by atoms with Crippen LogP contribution in [0.1, 0.15) is 30.8 Å². The number of imidazole rings is 1. The van der Waals surface area contributed by atoms with Crippen LogP contribution in [-0.4, -0.2) is 52.4 Å². The number of nitrogens with one attached hydrogen (secondary N) is 1. The fourth-order valence-electron chi connectivity index (χ4n) is 4.17. The van der Waals surface area contributed by atoms with E-state index in [1.54, 1.807) is 11.1 Å². The number of carbonyl (C=O) groups excluding carboxylic acids is 2. The largest absolute Gasteiger partial charge is 0.336 e. The summed E-state index contributed by atoms with van der Waals surface area (Å²) in [6, 6.07) is 7.95. The Morgan fingerprint density at radius 2 is 2.07 bits per heavy atom. The molecule has 7 heteroatoms. The van der Waals surface area contributed by atoms with E-state index in [9.17, 15) is 9.59 Å². The van der Waals surface area contributed by atoms with Gasteiger partial charge in [-0.3, -0.25) is 9.59 Å². The van der Waals surface area contributed by atoms with E-state index in [0.717, 1.165) is 24.5 Å². The van der Waals surface area contributed by atoms with Crippen molar-refractivity contribution in [3.63, 3.8) is 0 Å². The number of aromatic nitrogens is 2. The predicted octanol–water partition coefficient (Wildman–Crippen LogP) is 1.51. The van der Waals surface area contributed by atoms with Crippen LogP contribution in [0.15, 0.2) is 36.7 Å². The summed E-state index contributed by atoms with van der Waals surface area (Å²) in [5, 5.41) is 3.36. The van der Waals surface area contributed by atoms with E-state index < -0.39 is 0 Å². The molecule has 0 saturated carbocycles. The minimum absolute atomic E-state index is 0.0197. The number of anilines is 1. The highest BCUT2D eigenvalue weighted by Crippen LogP contribution is 2.30. The van der Waals surface area contributed by atoms with Gasteiger partial charge in [0.15, 0.2) is 0 Å². The highest BCUT2D eigenvalue weighted by molar-refractivity contribution is 6.00. The standard InChI is InChI=1S/C21H27N5O2/c1-3-15-4-6-17(7-5-15)26-14-16(12-19(26)27)21(28)25-11-8-22-13-18(25)20-23-9-10-24(20)2/h4-7,9-10,16,18,22H,3,8,11-14H2,1-2H3. The summed E-state index contributed by atoms with van der Waals surface area (Å²) in [6.07, 6.45) is 4.89. The maximum atomic E-state index is 13.3. The molecule has 2 atom stereocenters. The molecular weight excluding hydrogens is 354 g/mol. The Labute approximate surface area is 165 Å². The second-order valence-corrected chi connectivity index (χ2v) is 7.57. The Bertz CT molecular complexity index is 860. The van der Waals surface area contributed by atoms with Gasteiger partial charge in [-0.05, 0) is 24.1 Å². The van der Waals surface area contributed by atoms with Crippen LogP contribution in [-0.2, 0) is 23.1 Å². The number of nitrogens with zero attached hydrogens (tertiary/aromatic N) is 4. The van der Waals surface area contributed by atoms with Crippen LogP contribution in [0.5, 0.6) is 0 Å². The lowest BCUT2D eigenvalue weighted by Crippen LogP contribution is -2.51. The number of piperazine rings is 1. The summed E-state index contributed by atoms with van der Waals surface area (Å²) >= 11 is 0. The quantitative estimate of drug-likeness (QED) is 0.872. The maximum absolute atomic E-state index is 13.3. The molecule has 2 aliphatic rings. The first-order valence-electron chi connectivity index (χ1n) is 9.96. The normalized spacial score (nSPS) is 22.7. The van der Waals surface area contributed by atoms with Crippen molar-refractivity contribution in [2.75, 3.05) is 31.1 Å². The number of hydrogen-bond acceptors (Lipinski definition) is 4. The van der Waals surface area contributed by atoms with Crippen LogP contribution in [0.4, 0.5) is 5.69 Å². The van der Waals surface area contributed by atoms with E-state index in [0.29, 0.717) is 19.6 Å². The lowest BCUT2D eigenvalue weighted by Gasteiger charge is -2.37. The predicted molar refractivity (Wildman–Crippen MR) is 107 cm³/mol. The Morgan fingerprint density at radius 3 is 2.75 bits per heavy atom. The summed E-state index contributed by atoms with van der Waals surface area (Å²) < 4.78 is 1.96. The van der Waals surface area contributed by atoms with Gasteiger partial charge in [0.2, 0.25) is 11.8 Å². The minimum Gasteiger partial charge on any atom is -0.336 e. The fraction of sp³-hybridized carbons (Fsp3) is 0.476. The third-order valence-electron chi connectivity index (χ3n) is 5.81. The number of rotatable bonds is 4. The smallest absolute Gasteiger partial charge is 0.228 e. The molecule has 148 valence electrons. The molecule has 2 aliphatic heterocycles. The third-order valence-corrected chi connectivity index (χ3v) is 5.81. The number of benzene rings is 1.